The van der Waals surface area contributed by atoms with Crippen LogP contribution in [0.25, 0.3) is 16.3 Å². The summed E-state index contributed by atoms with van der Waals surface area (Å²) in [4.78, 5) is 22.0. The van der Waals surface area contributed by atoms with Crippen LogP contribution in [-0.4, -0.2) is 62.0 Å². The Morgan fingerprint density at radius 3 is 2.88 bits per heavy atom. The number of fused-ring (bicyclic) bond motifs is 2. The fourth-order valence-electron chi connectivity index (χ4n) is 3.64. The Morgan fingerprint density at radius 2 is 2.00 bits per heavy atom. The number of nitrogens with zero attached hydrogens (tertiary/aromatic N) is 3. The van der Waals surface area contributed by atoms with Crippen molar-refractivity contribution in [2.24, 2.45) is 0 Å². The van der Waals surface area contributed by atoms with Gasteiger partial charge in [-0.2, -0.15) is 0 Å². The molecule has 0 N–H and O–H groups in total. The number of rotatable bonds is 6. The summed E-state index contributed by atoms with van der Waals surface area (Å²) in [6, 6.07) is 11.2. The first-order valence-corrected chi connectivity index (χ1v) is 11.6. The molecule has 1 amide bonds. The van der Waals surface area contributed by atoms with Crippen molar-refractivity contribution in [1.82, 2.24) is 9.88 Å². The van der Waals surface area contributed by atoms with E-state index >= 15 is 0 Å². The second-order valence-corrected chi connectivity index (χ2v) is 8.94. The normalized spacial score (nSPS) is 16.2. The van der Waals surface area contributed by atoms with E-state index in [4.69, 9.17) is 30.8 Å². The molecular formula is C23H22ClN3O4S. The number of hydrogen-bond acceptors (Lipinski definition) is 7. The second kappa shape index (κ2) is 9.46. The average molecular weight is 472 g/mol. The Bertz CT molecular complexity index is 1160. The summed E-state index contributed by atoms with van der Waals surface area (Å²) in [5.74, 6) is 1.28. The highest BCUT2D eigenvalue weighted by Crippen LogP contribution is 2.33. The van der Waals surface area contributed by atoms with Crippen LogP contribution >= 0.6 is 22.9 Å². The Balaban J connectivity index is 1.37. The highest BCUT2D eigenvalue weighted by Gasteiger charge is 2.20. The van der Waals surface area contributed by atoms with Crippen LogP contribution < -0.4 is 14.4 Å². The molecule has 0 unspecified atom stereocenters. The average Bonchev–Trinajstić information content (AvgIpc) is 3.44. The van der Waals surface area contributed by atoms with Gasteiger partial charge in [0, 0.05) is 37.3 Å². The molecule has 0 atom stereocenters. The number of ether oxygens (including phenoxy) is 3. The summed E-state index contributed by atoms with van der Waals surface area (Å²) < 4.78 is 17.2. The van der Waals surface area contributed by atoms with Crippen molar-refractivity contribution >= 4 is 50.3 Å². The zero-order valence-electron chi connectivity index (χ0n) is 17.3. The number of hydrogen-bond donors (Lipinski definition) is 0. The van der Waals surface area contributed by atoms with Crippen molar-refractivity contribution in [2.45, 2.75) is 0 Å². The largest absolute Gasteiger partial charge is 0.454 e. The molecule has 1 saturated heterocycles. The number of halogens is 1. The number of thiazole rings is 1. The fraction of sp³-hybridized carbons (Fsp3) is 0.304. The van der Waals surface area contributed by atoms with E-state index in [0.29, 0.717) is 28.2 Å². The molecule has 7 nitrogen and oxygen atoms in total. The van der Waals surface area contributed by atoms with Crippen molar-refractivity contribution in [3.8, 4) is 11.5 Å². The summed E-state index contributed by atoms with van der Waals surface area (Å²) in [5.41, 5.74) is 1.70. The third-order valence-corrected chi connectivity index (χ3v) is 6.67. The van der Waals surface area contributed by atoms with Crippen molar-refractivity contribution in [2.75, 3.05) is 51.1 Å². The highest BCUT2D eigenvalue weighted by atomic mass is 35.5. The van der Waals surface area contributed by atoms with E-state index in [-0.39, 0.29) is 12.7 Å². The predicted molar refractivity (Wildman–Crippen MR) is 126 cm³/mol. The molecule has 0 aliphatic carbocycles. The van der Waals surface area contributed by atoms with Gasteiger partial charge in [-0.25, -0.2) is 4.98 Å². The first-order valence-electron chi connectivity index (χ1n) is 10.4. The molecule has 166 valence electrons. The maximum absolute atomic E-state index is 13.2. The molecule has 3 aromatic rings. The molecule has 2 aromatic carbocycles. The zero-order chi connectivity index (χ0) is 21.9. The molecule has 0 radical (unpaired) electrons. The minimum absolute atomic E-state index is 0.124. The molecular weight excluding hydrogens is 450 g/mol. The van der Waals surface area contributed by atoms with Crippen molar-refractivity contribution < 1.29 is 19.0 Å². The molecule has 0 saturated carbocycles. The third-order valence-electron chi connectivity index (χ3n) is 5.39. The lowest BCUT2D eigenvalue weighted by molar-refractivity contribution is -0.114. The van der Waals surface area contributed by atoms with Gasteiger partial charge < -0.3 is 14.2 Å². The predicted octanol–water partition coefficient (Wildman–Crippen LogP) is 4.06. The fourth-order valence-corrected chi connectivity index (χ4v) is 4.92. The molecule has 0 spiro atoms. The van der Waals surface area contributed by atoms with E-state index in [0.717, 1.165) is 48.6 Å². The number of carbonyl (C=O) groups is 1. The van der Waals surface area contributed by atoms with Gasteiger partial charge in [0.1, 0.15) is 0 Å². The lowest BCUT2D eigenvalue weighted by atomic mass is 10.2. The van der Waals surface area contributed by atoms with E-state index < -0.39 is 0 Å². The smallest absolute Gasteiger partial charge is 0.252 e. The molecule has 5 rings (SSSR count). The summed E-state index contributed by atoms with van der Waals surface area (Å²) in [7, 11) is 0. The summed E-state index contributed by atoms with van der Waals surface area (Å²) >= 11 is 7.61. The quantitative estimate of drug-likeness (QED) is 0.505. The number of amides is 1. The van der Waals surface area contributed by atoms with Gasteiger partial charge in [-0.05, 0) is 42.0 Å². The maximum Gasteiger partial charge on any atom is 0.252 e. The Hall–Kier alpha value is -2.65. The minimum Gasteiger partial charge on any atom is -0.454 e. The lowest BCUT2D eigenvalue weighted by Crippen LogP contribution is -2.42. The van der Waals surface area contributed by atoms with Crippen LogP contribution in [0.4, 0.5) is 5.13 Å². The standard InChI is InChI=1S/C23H22ClN3O4S/c24-17-3-4-18-21(14-17)32-23(25-18)27(8-7-26-9-11-29-12-10-26)22(28)6-2-16-1-5-19-20(13-16)31-15-30-19/h1-6,13-14H,7-12,15H2/b6-2+. The maximum atomic E-state index is 13.2. The molecule has 2 aliphatic rings. The Kier molecular flexibility index (Phi) is 6.27. The van der Waals surface area contributed by atoms with Crippen molar-refractivity contribution in [3.63, 3.8) is 0 Å². The number of aromatic nitrogens is 1. The minimum atomic E-state index is -0.124. The number of morpholine rings is 1. The molecule has 1 aromatic heterocycles. The third kappa shape index (κ3) is 4.73. The molecule has 1 fully saturated rings. The van der Waals surface area contributed by atoms with Gasteiger partial charge in [0.15, 0.2) is 16.6 Å². The van der Waals surface area contributed by atoms with Crippen LogP contribution in [0.1, 0.15) is 5.56 Å². The van der Waals surface area contributed by atoms with Gasteiger partial charge in [-0.3, -0.25) is 14.6 Å². The monoisotopic (exact) mass is 471 g/mol. The SMILES string of the molecule is O=C(/C=C/c1ccc2c(c1)OCO2)N(CCN1CCOCC1)c1nc2ccc(Cl)cc2s1. The highest BCUT2D eigenvalue weighted by molar-refractivity contribution is 7.22. The van der Waals surface area contributed by atoms with E-state index in [1.165, 1.54) is 11.3 Å². The van der Waals surface area contributed by atoms with Crippen LogP contribution in [0.2, 0.25) is 5.02 Å². The van der Waals surface area contributed by atoms with Crippen molar-refractivity contribution in [3.05, 3.63) is 53.1 Å². The molecule has 32 heavy (non-hydrogen) atoms. The number of anilines is 1. The molecule has 9 heteroatoms. The van der Waals surface area contributed by atoms with Crippen LogP contribution in [0.15, 0.2) is 42.5 Å². The van der Waals surface area contributed by atoms with Crippen LogP contribution in [0, 0.1) is 0 Å². The molecule has 2 aliphatic heterocycles. The summed E-state index contributed by atoms with van der Waals surface area (Å²) in [6.45, 7) is 4.68. The van der Waals surface area contributed by atoms with E-state index in [1.54, 1.807) is 17.1 Å². The van der Waals surface area contributed by atoms with Gasteiger partial charge in [0.05, 0.1) is 23.4 Å². The lowest BCUT2D eigenvalue weighted by Gasteiger charge is -2.28. The van der Waals surface area contributed by atoms with E-state index in [1.807, 2.05) is 36.4 Å². The zero-order valence-corrected chi connectivity index (χ0v) is 18.9. The van der Waals surface area contributed by atoms with E-state index in [2.05, 4.69) is 4.90 Å². The van der Waals surface area contributed by atoms with E-state index in [9.17, 15) is 4.79 Å². The van der Waals surface area contributed by atoms with Gasteiger partial charge in [-0.1, -0.05) is 29.0 Å². The van der Waals surface area contributed by atoms with Crippen LogP contribution in [0.3, 0.4) is 0 Å². The van der Waals surface area contributed by atoms with Gasteiger partial charge in [0.2, 0.25) is 6.79 Å². The number of carbonyl (C=O) groups excluding carboxylic acids is 1. The van der Waals surface area contributed by atoms with Gasteiger partial charge in [-0.15, -0.1) is 0 Å². The Morgan fingerprint density at radius 1 is 1.16 bits per heavy atom. The van der Waals surface area contributed by atoms with Crippen molar-refractivity contribution in [1.29, 1.82) is 0 Å². The second-order valence-electron chi connectivity index (χ2n) is 7.50. The van der Waals surface area contributed by atoms with Crippen LogP contribution in [-0.2, 0) is 9.53 Å². The molecule has 3 heterocycles. The topological polar surface area (TPSA) is 64.1 Å². The Labute approximate surface area is 194 Å². The van der Waals surface area contributed by atoms with Crippen LogP contribution in [0.5, 0.6) is 11.5 Å². The summed E-state index contributed by atoms with van der Waals surface area (Å²) in [5, 5.41) is 1.32. The van der Waals surface area contributed by atoms with Gasteiger partial charge in [0.25, 0.3) is 5.91 Å². The first kappa shape index (κ1) is 21.2. The summed E-state index contributed by atoms with van der Waals surface area (Å²) in [6.07, 6.45) is 3.37. The van der Waals surface area contributed by atoms with Gasteiger partial charge >= 0.3 is 0 Å². The number of benzene rings is 2. The molecule has 0 bridgehead atoms. The first-order chi connectivity index (χ1) is 15.7.